The Balaban J connectivity index is 2.78. The summed E-state index contributed by atoms with van der Waals surface area (Å²) < 4.78 is 5.11. The van der Waals surface area contributed by atoms with Crippen molar-refractivity contribution in [3.05, 3.63) is 29.6 Å². The fourth-order valence-corrected chi connectivity index (χ4v) is 1.75. The van der Waals surface area contributed by atoms with Crippen LogP contribution < -0.4 is 0 Å². The quantitative estimate of drug-likeness (QED) is 0.825. The minimum Gasteiger partial charge on any atom is -0.387 e. The van der Waals surface area contributed by atoms with Crippen molar-refractivity contribution in [3.8, 4) is 0 Å². The smallest absolute Gasteiger partial charge is 0.0957 e. The highest BCUT2D eigenvalue weighted by Gasteiger charge is 2.31. The summed E-state index contributed by atoms with van der Waals surface area (Å²) >= 11 is 0. The zero-order valence-corrected chi connectivity index (χ0v) is 11.2. The van der Waals surface area contributed by atoms with Gasteiger partial charge in [-0.15, -0.1) is 0 Å². The number of rotatable bonds is 6. The van der Waals surface area contributed by atoms with Crippen molar-refractivity contribution >= 4 is 0 Å². The summed E-state index contributed by atoms with van der Waals surface area (Å²) in [6.45, 7) is 6.44. The number of methoxy groups -OCH3 is 1. The maximum atomic E-state index is 10.5. The first-order chi connectivity index (χ1) is 8.01. The molecule has 0 bridgehead atoms. The first kappa shape index (κ1) is 14.1. The lowest BCUT2D eigenvalue weighted by atomic mass is 9.86. The molecule has 0 aromatic carbocycles. The normalized spacial score (nSPS) is 14.9. The molecule has 1 heterocycles. The molecule has 1 atom stereocenters. The van der Waals surface area contributed by atoms with Crippen LogP contribution in [0.3, 0.4) is 0 Å². The SMILES string of the molecule is CCc1ccc(CC(O)(COC)C(C)C)nc1. The molecule has 0 spiro atoms. The van der Waals surface area contributed by atoms with Crippen LogP contribution in [0.5, 0.6) is 0 Å². The molecule has 1 N–H and O–H groups in total. The van der Waals surface area contributed by atoms with Gasteiger partial charge in [0.1, 0.15) is 0 Å². The van der Waals surface area contributed by atoms with Gasteiger partial charge < -0.3 is 9.84 Å². The van der Waals surface area contributed by atoms with Gasteiger partial charge in [0.2, 0.25) is 0 Å². The molecule has 1 aromatic rings. The number of ether oxygens (including phenoxy) is 1. The Morgan fingerprint density at radius 1 is 1.41 bits per heavy atom. The summed E-state index contributed by atoms with van der Waals surface area (Å²) in [5.74, 6) is 0.134. The average molecular weight is 237 g/mol. The first-order valence-electron chi connectivity index (χ1n) is 6.17. The third-order valence-corrected chi connectivity index (χ3v) is 3.25. The molecule has 3 nitrogen and oxygen atoms in total. The summed E-state index contributed by atoms with van der Waals surface area (Å²) in [4.78, 5) is 4.38. The van der Waals surface area contributed by atoms with Crippen LogP contribution in [-0.4, -0.2) is 29.4 Å². The van der Waals surface area contributed by atoms with Crippen molar-refractivity contribution in [3.63, 3.8) is 0 Å². The lowest BCUT2D eigenvalue weighted by molar-refractivity contribution is -0.0643. The van der Waals surface area contributed by atoms with E-state index < -0.39 is 5.60 Å². The van der Waals surface area contributed by atoms with E-state index in [1.807, 2.05) is 26.1 Å². The Hall–Kier alpha value is -0.930. The van der Waals surface area contributed by atoms with Crippen molar-refractivity contribution in [1.29, 1.82) is 0 Å². The van der Waals surface area contributed by atoms with Crippen LogP contribution in [0.4, 0.5) is 0 Å². The summed E-state index contributed by atoms with van der Waals surface area (Å²) in [6, 6.07) is 4.05. The predicted octanol–water partition coefficient (Wildman–Crippen LogP) is 2.22. The maximum Gasteiger partial charge on any atom is 0.0957 e. The van der Waals surface area contributed by atoms with Gasteiger partial charge in [-0.25, -0.2) is 0 Å². The maximum absolute atomic E-state index is 10.5. The number of aliphatic hydroxyl groups is 1. The van der Waals surface area contributed by atoms with E-state index in [-0.39, 0.29) is 5.92 Å². The molecule has 1 unspecified atom stereocenters. The minimum absolute atomic E-state index is 0.134. The Labute approximate surface area is 104 Å². The molecule has 0 aliphatic carbocycles. The van der Waals surface area contributed by atoms with Gasteiger partial charge in [0.05, 0.1) is 12.2 Å². The highest BCUT2D eigenvalue weighted by Crippen LogP contribution is 2.22. The van der Waals surface area contributed by atoms with Gasteiger partial charge in [0, 0.05) is 25.4 Å². The predicted molar refractivity (Wildman–Crippen MR) is 69.0 cm³/mol. The molecule has 0 aliphatic rings. The molecule has 0 fully saturated rings. The van der Waals surface area contributed by atoms with E-state index >= 15 is 0 Å². The topological polar surface area (TPSA) is 42.4 Å². The van der Waals surface area contributed by atoms with E-state index in [0.717, 1.165) is 12.1 Å². The van der Waals surface area contributed by atoms with Gasteiger partial charge >= 0.3 is 0 Å². The molecule has 3 heteroatoms. The molecular formula is C14H23NO2. The summed E-state index contributed by atoms with van der Waals surface area (Å²) in [5, 5.41) is 10.5. The monoisotopic (exact) mass is 237 g/mol. The zero-order valence-electron chi connectivity index (χ0n) is 11.2. The van der Waals surface area contributed by atoms with Gasteiger partial charge in [-0.3, -0.25) is 4.98 Å². The second kappa shape index (κ2) is 6.12. The van der Waals surface area contributed by atoms with Crippen LogP contribution in [0.15, 0.2) is 18.3 Å². The molecule has 96 valence electrons. The highest BCUT2D eigenvalue weighted by atomic mass is 16.5. The summed E-state index contributed by atoms with van der Waals surface area (Å²) in [5.41, 5.74) is 1.29. The lowest BCUT2D eigenvalue weighted by Crippen LogP contribution is -2.42. The lowest BCUT2D eigenvalue weighted by Gasteiger charge is -2.31. The average Bonchev–Trinajstić information content (AvgIpc) is 2.30. The fraction of sp³-hybridized carbons (Fsp3) is 0.643. The number of hydrogen-bond donors (Lipinski definition) is 1. The van der Waals surface area contributed by atoms with Crippen LogP contribution in [-0.2, 0) is 17.6 Å². The largest absolute Gasteiger partial charge is 0.387 e. The number of hydrogen-bond acceptors (Lipinski definition) is 3. The molecule has 1 aromatic heterocycles. The van der Waals surface area contributed by atoms with Gasteiger partial charge in [0.25, 0.3) is 0 Å². The minimum atomic E-state index is -0.838. The van der Waals surface area contributed by atoms with Crippen molar-refractivity contribution in [2.24, 2.45) is 5.92 Å². The van der Waals surface area contributed by atoms with Crippen LogP contribution in [0.2, 0.25) is 0 Å². The van der Waals surface area contributed by atoms with Crippen molar-refractivity contribution in [2.75, 3.05) is 13.7 Å². The van der Waals surface area contributed by atoms with Crippen molar-refractivity contribution in [2.45, 2.75) is 39.2 Å². The van der Waals surface area contributed by atoms with Gasteiger partial charge in [-0.2, -0.15) is 0 Å². The van der Waals surface area contributed by atoms with E-state index in [4.69, 9.17) is 4.74 Å². The number of nitrogens with zero attached hydrogens (tertiary/aromatic N) is 1. The number of pyridine rings is 1. The number of aryl methyl sites for hydroxylation is 1. The molecule has 17 heavy (non-hydrogen) atoms. The van der Waals surface area contributed by atoms with Crippen LogP contribution in [0.25, 0.3) is 0 Å². The summed E-state index contributed by atoms with van der Waals surface area (Å²) in [7, 11) is 1.61. The van der Waals surface area contributed by atoms with E-state index in [0.29, 0.717) is 13.0 Å². The van der Waals surface area contributed by atoms with Gasteiger partial charge in [-0.1, -0.05) is 26.8 Å². The van der Waals surface area contributed by atoms with E-state index in [1.54, 1.807) is 7.11 Å². The third kappa shape index (κ3) is 3.79. The first-order valence-corrected chi connectivity index (χ1v) is 6.17. The van der Waals surface area contributed by atoms with Gasteiger partial charge in [0.15, 0.2) is 0 Å². The van der Waals surface area contributed by atoms with Crippen LogP contribution >= 0.6 is 0 Å². The van der Waals surface area contributed by atoms with Crippen LogP contribution in [0.1, 0.15) is 32.0 Å². The second-order valence-corrected chi connectivity index (χ2v) is 4.88. The molecular weight excluding hydrogens is 214 g/mol. The molecule has 0 saturated carbocycles. The molecule has 0 saturated heterocycles. The molecule has 0 radical (unpaired) electrons. The summed E-state index contributed by atoms with van der Waals surface area (Å²) in [6.07, 6.45) is 3.39. The Morgan fingerprint density at radius 2 is 2.12 bits per heavy atom. The molecule has 0 amide bonds. The Kier molecular flexibility index (Phi) is 5.09. The highest BCUT2D eigenvalue weighted by molar-refractivity contribution is 5.15. The van der Waals surface area contributed by atoms with E-state index in [9.17, 15) is 5.11 Å². The number of aromatic nitrogens is 1. The fourth-order valence-electron chi connectivity index (χ4n) is 1.75. The van der Waals surface area contributed by atoms with E-state index in [2.05, 4.69) is 18.0 Å². The van der Waals surface area contributed by atoms with Crippen LogP contribution in [0, 0.1) is 5.92 Å². The van der Waals surface area contributed by atoms with E-state index in [1.165, 1.54) is 5.56 Å². The van der Waals surface area contributed by atoms with Crippen molar-refractivity contribution < 1.29 is 9.84 Å². The standard InChI is InChI=1S/C14H23NO2/c1-5-12-6-7-13(15-9-12)8-14(16,10-17-4)11(2)3/h6-7,9,11,16H,5,8,10H2,1-4H3. The molecule has 1 rings (SSSR count). The van der Waals surface area contributed by atoms with Gasteiger partial charge in [-0.05, 0) is 24.0 Å². The Morgan fingerprint density at radius 3 is 2.53 bits per heavy atom. The molecule has 0 aliphatic heterocycles. The second-order valence-electron chi connectivity index (χ2n) is 4.88. The zero-order chi connectivity index (χ0) is 12.9. The third-order valence-electron chi connectivity index (χ3n) is 3.25. The Bertz CT molecular complexity index is 335. The van der Waals surface area contributed by atoms with Crippen molar-refractivity contribution in [1.82, 2.24) is 4.98 Å².